The lowest BCUT2D eigenvalue weighted by molar-refractivity contribution is 0.268. The molecule has 0 amide bonds. The van der Waals surface area contributed by atoms with E-state index in [1.807, 2.05) is 6.92 Å². The lowest BCUT2D eigenvalue weighted by atomic mass is 10.1. The van der Waals surface area contributed by atoms with E-state index in [1.165, 1.54) is 4.31 Å². The topological polar surface area (TPSA) is 71.5 Å². The van der Waals surface area contributed by atoms with Crippen LogP contribution in [-0.4, -0.2) is 45.2 Å². The van der Waals surface area contributed by atoms with Gasteiger partial charge in [0.25, 0.3) is 0 Å². The Bertz CT molecular complexity index is 446. The summed E-state index contributed by atoms with van der Waals surface area (Å²) >= 11 is 0. The minimum absolute atomic E-state index is 0.0151. The highest BCUT2D eigenvalue weighted by Gasteiger charge is 2.29. The maximum atomic E-state index is 12.0. The number of rotatable bonds is 5. The number of piperidine rings is 1. The molecule has 0 spiro atoms. The molecule has 17 heavy (non-hydrogen) atoms. The van der Waals surface area contributed by atoms with Crippen molar-refractivity contribution < 1.29 is 16.8 Å². The third-order valence-electron chi connectivity index (χ3n) is 2.89. The summed E-state index contributed by atoms with van der Waals surface area (Å²) in [6, 6.07) is 0.0151. The molecule has 1 aliphatic heterocycles. The highest BCUT2D eigenvalue weighted by molar-refractivity contribution is 8.13. The van der Waals surface area contributed by atoms with Gasteiger partial charge in [-0.1, -0.05) is 6.42 Å². The van der Waals surface area contributed by atoms with Crippen molar-refractivity contribution in [2.24, 2.45) is 0 Å². The minimum Gasteiger partial charge on any atom is -0.212 e. The number of nitrogens with zero attached hydrogens (tertiary/aromatic N) is 1. The average molecular weight is 304 g/mol. The van der Waals surface area contributed by atoms with Crippen LogP contribution in [0.15, 0.2) is 0 Å². The fraction of sp³-hybridized carbons (Fsp3) is 1.00. The Morgan fingerprint density at radius 3 is 2.35 bits per heavy atom. The van der Waals surface area contributed by atoms with Gasteiger partial charge < -0.3 is 0 Å². The molecule has 0 N–H and O–H groups in total. The van der Waals surface area contributed by atoms with E-state index in [9.17, 15) is 16.8 Å². The van der Waals surface area contributed by atoms with E-state index in [0.29, 0.717) is 6.54 Å². The van der Waals surface area contributed by atoms with Crippen molar-refractivity contribution >= 4 is 29.8 Å². The van der Waals surface area contributed by atoms with Gasteiger partial charge in [0.1, 0.15) is 0 Å². The maximum Gasteiger partial charge on any atom is 0.232 e. The van der Waals surface area contributed by atoms with Crippen LogP contribution < -0.4 is 0 Å². The molecule has 1 heterocycles. The summed E-state index contributed by atoms with van der Waals surface area (Å²) in [4.78, 5) is 0. The zero-order valence-corrected chi connectivity index (χ0v) is 12.2. The second-order valence-corrected chi connectivity index (χ2v) is 9.31. The van der Waals surface area contributed by atoms with Crippen LogP contribution >= 0.6 is 10.7 Å². The molecule has 0 aromatic carbocycles. The second kappa shape index (κ2) is 5.86. The molecule has 1 aliphatic rings. The Kier molecular flexibility index (Phi) is 5.24. The van der Waals surface area contributed by atoms with E-state index in [0.717, 1.165) is 19.3 Å². The average Bonchev–Trinajstić information content (AvgIpc) is 2.15. The summed E-state index contributed by atoms with van der Waals surface area (Å²) in [5.41, 5.74) is 0. The van der Waals surface area contributed by atoms with Gasteiger partial charge in [-0.3, -0.25) is 0 Å². The lowest BCUT2D eigenvalue weighted by Crippen LogP contribution is -2.43. The largest absolute Gasteiger partial charge is 0.232 e. The van der Waals surface area contributed by atoms with E-state index < -0.39 is 19.1 Å². The molecular formula is C9H18ClNO4S2. The van der Waals surface area contributed by atoms with Crippen LogP contribution in [0.3, 0.4) is 0 Å². The summed E-state index contributed by atoms with van der Waals surface area (Å²) in [7, 11) is -1.91. The predicted molar refractivity (Wildman–Crippen MR) is 68.1 cm³/mol. The van der Waals surface area contributed by atoms with Crippen molar-refractivity contribution in [1.82, 2.24) is 4.31 Å². The summed E-state index contributed by atoms with van der Waals surface area (Å²) in [6.45, 7) is 2.42. The predicted octanol–water partition coefficient (Wildman–Crippen LogP) is 1.15. The van der Waals surface area contributed by atoms with E-state index >= 15 is 0 Å². The van der Waals surface area contributed by atoms with Gasteiger partial charge in [-0.05, 0) is 26.2 Å². The van der Waals surface area contributed by atoms with Crippen LogP contribution in [0.2, 0.25) is 0 Å². The molecule has 0 bridgehead atoms. The van der Waals surface area contributed by atoms with Gasteiger partial charge >= 0.3 is 0 Å². The Morgan fingerprint density at radius 2 is 1.82 bits per heavy atom. The van der Waals surface area contributed by atoms with Gasteiger partial charge in [0.2, 0.25) is 19.1 Å². The second-order valence-electron chi connectivity index (χ2n) is 4.37. The minimum atomic E-state index is -3.60. The van der Waals surface area contributed by atoms with Crippen molar-refractivity contribution in [1.29, 1.82) is 0 Å². The first-order valence-corrected chi connectivity index (χ1v) is 9.73. The van der Waals surface area contributed by atoms with Gasteiger partial charge in [-0.2, -0.15) is 4.31 Å². The Balaban J connectivity index is 2.56. The van der Waals surface area contributed by atoms with E-state index in [2.05, 4.69) is 0 Å². The Labute approximate surface area is 108 Å². The molecule has 5 nitrogen and oxygen atoms in total. The maximum absolute atomic E-state index is 12.0. The first kappa shape index (κ1) is 15.2. The van der Waals surface area contributed by atoms with Crippen LogP contribution in [0.5, 0.6) is 0 Å². The summed E-state index contributed by atoms with van der Waals surface area (Å²) < 4.78 is 46.9. The Hall–Kier alpha value is 0.150. The highest BCUT2D eigenvalue weighted by atomic mass is 35.7. The smallest absolute Gasteiger partial charge is 0.212 e. The molecule has 0 radical (unpaired) electrons. The van der Waals surface area contributed by atoms with Crippen molar-refractivity contribution in [2.75, 3.05) is 18.1 Å². The van der Waals surface area contributed by atoms with E-state index in [1.54, 1.807) is 0 Å². The van der Waals surface area contributed by atoms with Crippen LogP contribution in [0.25, 0.3) is 0 Å². The third kappa shape index (κ3) is 5.11. The van der Waals surface area contributed by atoms with Gasteiger partial charge in [0, 0.05) is 23.3 Å². The van der Waals surface area contributed by atoms with Gasteiger partial charge in [0.05, 0.1) is 11.5 Å². The molecule has 1 rings (SSSR count). The van der Waals surface area contributed by atoms with Gasteiger partial charge in [-0.15, -0.1) is 0 Å². The first-order chi connectivity index (χ1) is 7.72. The molecule has 1 unspecified atom stereocenters. The van der Waals surface area contributed by atoms with E-state index in [-0.39, 0.29) is 24.0 Å². The van der Waals surface area contributed by atoms with Crippen molar-refractivity contribution in [3.8, 4) is 0 Å². The van der Waals surface area contributed by atoms with Gasteiger partial charge in [0.15, 0.2) is 0 Å². The molecule has 0 aromatic heterocycles. The number of hydrogen-bond acceptors (Lipinski definition) is 4. The fourth-order valence-electron chi connectivity index (χ4n) is 2.02. The lowest BCUT2D eigenvalue weighted by Gasteiger charge is -2.32. The van der Waals surface area contributed by atoms with Crippen molar-refractivity contribution in [3.63, 3.8) is 0 Å². The number of halogens is 1. The molecule has 1 saturated heterocycles. The van der Waals surface area contributed by atoms with Crippen LogP contribution in [0, 0.1) is 0 Å². The molecule has 0 aliphatic carbocycles. The molecule has 102 valence electrons. The zero-order chi connectivity index (χ0) is 13.1. The number of hydrogen-bond donors (Lipinski definition) is 0. The molecule has 0 aromatic rings. The summed E-state index contributed by atoms with van der Waals surface area (Å²) in [6.07, 6.45) is 2.84. The summed E-state index contributed by atoms with van der Waals surface area (Å²) in [5.74, 6) is -0.445. The normalized spacial score (nSPS) is 23.8. The first-order valence-electron chi connectivity index (χ1n) is 5.64. The van der Waals surface area contributed by atoms with Gasteiger partial charge in [-0.25, -0.2) is 16.8 Å². The molecule has 8 heteroatoms. The van der Waals surface area contributed by atoms with Crippen LogP contribution in [0.4, 0.5) is 0 Å². The molecule has 1 atom stereocenters. The van der Waals surface area contributed by atoms with Crippen LogP contribution in [-0.2, 0) is 19.1 Å². The third-order valence-corrected chi connectivity index (χ3v) is 6.19. The quantitative estimate of drug-likeness (QED) is 0.714. The van der Waals surface area contributed by atoms with E-state index in [4.69, 9.17) is 10.7 Å². The SMILES string of the molecule is CC1CCCCN1S(=O)(=O)CCCS(=O)(=O)Cl. The standard InChI is InChI=1S/C9H18ClNO4S2/c1-9-5-2-3-6-11(9)17(14,15)8-4-7-16(10,12)13/h9H,2-8H2,1H3. The van der Waals surface area contributed by atoms with Crippen molar-refractivity contribution in [2.45, 2.75) is 38.6 Å². The molecular weight excluding hydrogens is 286 g/mol. The Morgan fingerprint density at radius 1 is 1.18 bits per heavy atom. The number of sulfonamides is 1. The fourth-order valence-corrected chi connectivity index (χ4v) is 4.82. The van der Waals surface area contributed by atoms with Crippen molar-refractivity contribution in [3.05, 3.63) is 0 Å². The summed E-state index contributed by atoms with van der Waals surface area (Å²) in [5, 5.41) is 0. The molecule has 1 fully saturated rings. The van der Waals surface area contributed by atoms with Crippen LogP contribution in [0.1, 0.15) is 32.6 Å². The zero-order valence-electron chi connectivity index (χ0n) is 9.80. The highest BCUT2D eigenvalue weighted by Crippen LogP contribution is 2.20. The monoisotopic (exact) mass is 303 g/mol. The molecule has 0 saturated carbocycles.